The van der Waals surface area contributed by atoms with Crippen molar-refractivity contribution in [3.05, 3.63) is 47.0 Å². The highest BCUT2D eigenvalue weighted by Gasteiger charge is 2.77. The third-order valence-corrected chi connectivity index (χ3v) is 17.7. The molecule has 0 radical (unpaired) electrons. The van der Waals surface area contributed by atoms with Crippen LogP contribution in [0, 0.1) is 22.7 Å². The molecule has 9 nitrogen and oxygen atoms in total. The van der Waals surface area contributed by atoms with E-state index in [1.807, 2.05) is 40.7 Å². The molecule has 4 aliphatic rings. The number of fused-ring (bicyclic) bond motifs is 5. The largest absolute Gasteiger partial charge is 0.455 e. The van der Waals surface area contributed by atoms with Gasteiger partial charge in [0.25, 0.3) is 0 Å². The molecule has 0 spiro atoms. The summed E-state index contributed by atoms with van der Waals surface area (Å²) in [5.41, 5.74) is -2.92. The van der Waals surface area contributed by atoms with Crippen LogP contribution in [-0.2, 0) is 28.2 Å². The second-order valence-corrected chi connectivity index (χ2v) is 20.0. The predicted molar refractivity (Wildman–Crippen MR) is 180 cm³/mol. The maximum atomic E-state index is 14.1. The van der Waals surface area contributed by atoms with Gasteiger partial charge in [-0.2, -0.15) is 0 Å². The highest BCUT2D eigenvalue weighted by Crippen LogP contribution is 2.66. The first-order valence-corrected chi connectivity index (χ1v) is 20.0. The van der Waals surface area contributed by atoms with Gasteiger partial charge in [0.1, 0.15) is 17.8 Å². The number of aliphatic hydroxyl groups is 2. The van der Waals surface area contributed by atoms with Crippen LogP contribution in [0.5, 0.6) is 0 Å². The van der Waals surface area contributed by atoms with E-state index in [4.69, 9.17) is 23.4 Å². The van der Waals surface area contributed by atoms with Crippen LogP contribution in [0.1, 0.15) is 85.5 Å². The summed E-state index contributed by atoms with van der Waals surface area (Å²) in [6, 6.07) is 11.4. The lowest BCUT2D eigenvalue weighted by Gasteiger charge is -2.70. The molecule has 1 aliphatic heterocycles. The number of ether oxygens (including phenoxy) is 4. The fourth-order valence-electron chi connectivity index (χ4n) is 10.1. The van der Waals surface area contributed by atoms with Crippen LogP contribution in [0.2, 0.25) is 18.1 Å². The number of rotatable bonds is 9. The number of carbonyl (C=O) groups excluding carboxylic acids is 2. The lowest BCUT2D eigenvalue weighted by atomic mass is 9.43. The van der Waals surface area contributed by atoms with E-state index in [1.54, 1.807) is 31.4 Å². The van der Waals surface area contributed by atoms with Crippen LogP contribution in [0.3, 0.4) is 0 Å². The van der Waals surface area contributed by atoms with Crippen molar-refractivity contribution in [2.24, 2.45) is 22.7 Å². The predicted octanol–water partition coefficient (Wildman–Crippen LogP) is 5.83. The summed E-state index contributed by atoms with van der Waals surface area (Å²) in [6.07, 6.45) is -3.31. The van der Waals surface area contributed by atoms with Gasteiger partial charge in [0.2, 0.25) is 0 Å². The lowest BCUT2D eigenvalue weighted by Crippen LogP contribution is -2.82. The van der Waals surface area contributed by atoms with Gasteiger partial charge in [-0.1, -0.05) is 72.2 Å². The number of hydrogen-bond acceptors (Lipinski definition) is 9. The smallest absolute Gasteiger partial charge is 0.338 e. The molecular weight excluding hydrogens is 616 g/mol. The zero-order valence-electron chi connectivity index (χ0n) is 29.9. The number of methoxy groups -OCH3 is 1. The molecule has 1 aromatic rings. The van der Waals surface area contributed by atoms with Gasteiger partial charge in [-0.25, -0.2) is 4.79 Å². The van der Waals surface area contributed by atoms with Crippen LogP contribution in [0.15, 0.2) is 41.5 Å². The Hall–Kier alpha value is -2.08. The minimum atomic E-state index is -2.28. The van der Waals surface area contributed by atoms with Crippen LogP contribution in [0.4, 0.5) is 0 Å². The summed E-state index contributed by atoms with van der Waals surface area (Å²) in [6.45, 7) is 17.8. The van der Waals surface area contributed by atoms with Crippen molar-refractivity contribution in [3.8, 4) is 0 Å². The SMILES string of the molecule is CC[Si](CC)(CC)OC1C[C@H]2OC[C@@]2(OC(C)=O)[C@H]2[C@H](OC(=O)c3ccccc3)[C@]3(O)C[C@H](OC)C(C)=C([C@H](C)[C@H](O)[C@]12C)C3(C)C. The molecule has 3 fully saturated rings. The number of aliphatic hydroxyl groups excluding tert-OH is 1. The molecule has 1 unspecified atom stereocenters. The van der Waals surface area contributed by atoms with E-state index in [0.29, 0.717) is 12.0 Å². The van der Waals surface area contributed by atoms with Crippen molar-refractivity contribution in [2.75, 3.05) is 13.7 Å². The summed E-state index contributed by atoms with van der Waals surface area (Å²) in [4.78, 5) is 27.1. The van der Waals surface area contributed by atoms with Gasteiger partial charge in [0.15, 0.2) is 13.9 Å². The van der Waals surface area contributed by atoms with E-state index in [0.717, 1.165) is 29.3 Å². The van der Waals surface area contributed by atoms with Crippen molar-refractivity contribution < 1.29 is 43.2 Å². The first-order valence-electron chi connectivity index (χ1n) is 17.4. The average Bonchev–Trinajstić information content (AvgIpc) is 3.04. The molecule has 5 rings (SSSR count). The van der Waals surface area contributed by atoms with E-state index in [9.17, 15) is 19.8 Å². The Labute approximate surface area is 281 Å². The summed E-state index contributed by atoms with van der Waals surface area (Å²) in [5, 5.41) is 26.3. The summed E-state index contributed by atoms with van der Waals surface area (Å²) >= 11 is 0. The minimum absolute atomic E-state index is 0.0502. The van der Waals surface area contributed by atoms with E-state index < -0.39 is 84.6 Å². The summed E-state index contributed by atoms with van der Waals surface area (Å²) in [7, 11) is -0.673. The standard InChI is InChI=1S/C37H56O9Si/c1-11-47(12-2,13-3)46-27-19-28-36(21-43-28,45-24(6)38)30-32(44-33(40)25-17-15-14-16-18-25)37(41)20-26(42-10)22(4)29(34(37,7)8)23(5)31(39)35(27,30)9/h14-18,23,26-28,30-32,39,41H,11-13,19-21H2,1-10H3/t23-,26-,27?,28+,30-,31-,32-,35+,36-,37+/m0/s1. The maximum absolute atomic E-state index is 14.1. The molecule has 10 atom stereocenters. The highest BCUT2D eigenvalue weighted by molar-refractivity contribution is 6.73. The molecule has 10 heteroatoms. The Bertz CT molecular complexity index is 1370. The van der Waals surface area contributed by atoms with Gasteiger partial charge in [-0.15, -0.1) is 0 Å². The molecule has 2 saturated carbocycles. The third kappa shape index (κ3) is 5.28. The summed E-state index contributed by atoms with van der Waals surface area (Å²) in [5.74, 6) is -2.44. The summed E-state index contributed by atoms with van der Waals surface area (Å²) < 4.78 is 32.5. The quantitative estimate of drug-likeness (QED) is 0.190. The van der Waals surface area contributed by atoms with E-state index >= 15 is 0 Å². The van der Waals surface area contributed by atoms with Crippen molar-refractivity contribution in [1.29, 1.82) is 0 Å². The highest BCUT2D eigenvalue weighted by atomic mass is 28.4. The van der Waals surface area contributed by atoms with Crippen molar-refractivity contribution in [2.45, 2.75) is 135 Å². The zero-order valence-corrected chi connectivity index (χ0v) is 30.9. The first kappa shape index (κ1) is 36.2. The second-order valence-electron chi connectivity index (χ2n) is 15.3. The third-order valence-electron chi connectivity index (χ3n) is 13.1. The van der Waals surface area contributed by atoms with Crippen LogP contribution < -0.4 is 0 Å². The lowest BCUT2D eigenvalue weighted by molar-refractivity contribution is -0.362. The van der Waals surface area contributed by atoms with E-state index in [-0.39, 0.29) is 13.0 Å². The Morgan fingerprint density at radius 1 is 1.06 bits per heavy atom. The molecule has 1 aromatic carbocycles. The monoisotopic (exact) mass is 672 g/mol. The van der Waals surface area contributed by atoms with Gasteiger partial charge in [-0.05, 0) is 42.8 Å². The number of carbonyl (C=O) groups is 2. The molecule has 2 N–H and O–H groups in total. The van der Waals surface area contributed by atoms with Gasteiger partial charge < -0.3 is 33.6 Å². The molecule has 1 saturated heterocycles. The fraction of sp³-hybridized carbons (Fsp3) is 0.730. The molecule has 0 aromatic heterocycles. The van der Waals surface area contributed by atoms with Crippen LogP contribution >= 0.6 is 0 Å². The van der Waals surface area contributed by atoms with Gasteiger partial charge in [0.05, 0.1) is 36.4 Å². The minimum Gasteiger partial charge on any atom is -0.455 e. The average molecular weight is 673 g/mol. The number of benzene rings is 1. The van der Waals surface area contributed by atoms with Crippen molar-refractivity contribution in [3.63, 3.8) is 0 Å². The molecule has 3 aliphatic carbocycles. The van der Waals surface area contributed by atoms with Crippen LogP contribution in [0.25, 0.3) is 0 Å². The number of hydrogen-bond donors (Lipinski definition) is 2. The maximum Gasteiger partial charge on any atom is 0.338 e. The molecule has 0 amide bonds. The van der Waals surface area contributed by atoms with Gasteiger partial charge in [0, 0.05) is 43.6 Å². The van der Waals surface area contributed by atoms with E-state index in [2.05, 4.69) is 20.8 Å². The van der Waals surface area contributed by atoms with Crippen molar-refractivity contribution >= 4 is 20.3 Å². The second kappa shape index (κ2) is 12.7. The molecule has 262 valence electrons. The topological polar surface area (TPSA) is 121 Å². The molecular formula is C37H56O9Si. The Balaban J connectivity index is 1.84. The van der Waals surface area contributed by atoms with Crippen molar-refractivity contribution in [1.82, 2.24) is 0 Å². The normalized spacial score (nSPS) is 39.4. The Morgan fingerprint density at radius 3 is 2.19 bits per heavy atom. The molecule has 2 bridgehead atoms. The first-order chi connectivity index (χ1) is 22.0. The van der Waals surface area contributed by atoms with Crippen LogP contribution in [-0.4, -0.2) is 85.9 Å². The molecule has 1 heterocycles. The fourth-order valence-corrected chi connectivity index (χ4v) is 13.1. The Kier molecular flexibility index (Phi) is 9.76. The Morgan fingerprint density at radius 2 is 1.68 bits per heavy atom. The number of esters is 2. The van der Waals surface area contributed by atoms with Gasteiger partial charge in [-0.3, -0.25) is 4.79 Å². The van der Waals surface area contributed by atoms with E-state index in [1.165, 1.54) is 6.92 Å². The molecule has 47 heavy (non-hydrogen) atoms. The van der Waals surface area contributed by atoms with Gasteiger partial charge >= 0.3 is 11.9 Å². The zero-order chi connectivity index (χ0) is 34.7.